The zero-order valence-corrected chi connectivity index (χ0v) is 13.9. The van der Waals surface area contributed by atoms with Crippen molar-refractivity contribution in [3.63, 3.8) is 0 Å². The van der Waals surface area contributed by atoms with E-state index in [4.69, 9.17) is 4.74 Å². The third-order valence-electron chi connectivity index (χ3n) is 4.39. The summed E-state index contributed by atoms with van der Waals surface area (Å²) >= 11 is 0. The maximum atomic E-state index is 11.9. The first-order chi connectivity index (χ1) is 9.83. The zero-order valence-electron chi connectivity index (χ0n) is 13.9. The molecular weight excluding hydrogens is 266 g/mol. The Morgan fingerprint density at radius 2 is 1.71 bits per heavy atom. The molecule has 5 nitrogen and oxygen atoms in total. The number of nitrogens with one attached hydrogen (secondary N) is 2. The van der Waals surface area contributed by atoms with Crippen LogP contribution in [0.1, 0.15) is 52.9 Å². The van der Waals surface area contributed by atoms with E-state index in [1.54, 1.807) is 0 Å². The molecule has 0 aromatic heterocycles. The fourth-order valence-electron chi connectivity index (χ4n) is 3.27. The fraction of sp³-hybridized carbons (Fsp3) is 0.938. The molecule has 0 aromatic carbocycles. The van der Waals surface area contributed by atoms with Gasteiger partial charge in [0.2, 0.25) is 0 Å². The van der Waals surface area contributed by atoms with Crippen LogP contribution in [-0.4, -0.2) is 54.9 Å². The zero-order chi connectivity index (χ0) is 15.5. The minimum atomic E-state index is -0.431. The SMILES string of the molecule is CN1CCC(NC2CCCC2NC(=O)OC(C)(C)C)CC1. The van der Waals surface area contributed by atoms with E-state index in [1.165, 1.54) is 19.3 Å². The van der Waals surface area contributed by atoms with Crippen molar-refractivity contribution in [2.45, 2.75) is 76.6 Å². The second-order valence-electron chi connectivity index (χ2n) is 7.53. The largest absolute Gasteiger partial charge is 0.444 e. The molecule has 1 amide bonds. The highest BCUT2D eigenvalue weighted by Crippen LogP contribution is 2.22. The van der Waals surface area contributed by atoms with E-state index < -0.39 is 5.60 Å². The number of piperidine rings is 1. The summed E-state index contributed by atoms with van der Waals surface area (Å²) < 4.78 is 5.37. The highest BCUT2D eigenvalue weighted by Gasteiger charge is 2.32. The fourth-order valence-corrected chi connectivity index (χ4v) is 3.27. The standard InChI is InChI=1S/C16H31N3O2/c1-16(2,3)21-15(20)18-14-7-5-6-13(14)17-12-8-10-19(4)11-9-12/h12-14,17H,5-11H2,1-4H3,(H,18,20). The lowest BCUT2D eigenvalue weighted by Gasteiger charge is -2.33. The number of ether oxygens (including phenoxy) is 1. The summed E-state index contributed by atoms with van der Waals surface area (Å²) in [6.07, 6.45) is 5.48. The molecule has 0 spiro atoms. The van der Waals surface area contributed by atoms with Crippen LogP contribution in [0.4, 0.5) is 4.79 Å². The van der Waals surface area contributed by atoms with Gasteiger partial charge in [-0.2, -0.15) is 0 Å². The third-order valence-corrected chi connectivity index (χ3v) is 4.39. The quantitative estimate of drug-likeness (QED) is 0.838. The minimum absolute atomic E-state index is 0.208. The Kier molecular flexibility index (Phi) is 5.49. The number of nitrogens with zero attached hydrogens (tertiary/aromatic N) is 1. The summed E-state index contributed by atoms with van der Waals surface area (Å²) in [4.78, 5) is 14.3. The summed E-state index contributed by atoms with van der Waals surface area (Å²) in [7, 11) is 2.18. The van der Waals surface area contributed by atoms with Crippen LogP contribution in [0.25, 0.3) is 0 Å². The first kappa shape index (κ1) is 16.6. The number of hydrogen-bond donors (Lipinski definition) is 2. The van der Waals surface area contributed by atoms with Crippen LogP contribution < -0.4 is 10.6 Å². The molecule has 1 heterocycles. The number of rotatable bonds is 3. The molecule has 1 saturated heterocycles. The van der Waals surface area contributed by atoms with E-state index in [2.05, 4.69) is 22.6 Å². The Hall–Kier alpha value is -0.810. The normalized spacial score (nSPS) is 28.6. The number of carbonyl (C=O) groups excluding carboxylic acids is 1. The van der Waals surface area contributed by atoms with Crippen LogP contribution in [0.15, 0.2) is 0 Å². The molecule has 0 aromatic rings. The minimum Gasteiger partial charge on any atom is -0.444 e. The van der Waals surface area contributed by atoms with Crippen molar-refractivity contribution in [3.8, 4) is 0 Å². The molecule has 0 bridgehead atoms. The van der Waals surface area contributed by atoms with Gasteiger partial charge in [-0.25, -0.2) is 4.79 Å². The second kappa shape index (κ2) is 6.97. The van der Waals surface area contributed by atoms with Gasteiger partial charge in [0, 0.05) is 18.1 Å². The average Bonchev–Trinajstić information content (AvgIpc) is 2.77. The molecule has 2 unspecified atom stereocenters. The van der Waals surface area contributed by atoms with Crippen molar-refractivity contribution in [2.75, 3.05) is 20.1 Å². The van der Waals surface area contributed by atoms with Crippen LogP contribution >= 0.6 is 0 Å². The number of amides is 1. The van der Waals surface area contributed by atoms with Crippen LogP contribution in [-0.2, 0) is 4.74 Å². The van der Waals surface area contributed by atoms with Gasteiger partial charge in [-0.05, 0) is 73.0 Å². The van der Waals surface area contributed by atoms with Crippen molar-refractivity contribution in [2.24, 2.45) is 0 Å². The first-order valence-electron chi connectivity index (χ1n) is 8.27. The van der Waals surface area contributed by atoms with Gasteiger partial charge in [0.25, 0.3) is 0 Å². The molecule has 1 aliphatic heterocycles. The van der Waals surface area contributed by atoms with Crippen molar-refractivity contribution in [3.05, 3.63) is 0 Å². The maximum Gasteiger partial charge on any atom is 0.407 e. The summed E-state index contributed by atoms with van der Waals surface area (Å²) in [6, 6.07) is 1.19. The van der Waals surface area contributed by atoms with Gasteiger partial charge in [-0.15, -0.1) is 0 Å². The van der Waals surface area contributed by atoms with E-state index in [0.717, 1.165) is 25.9 Å². The Balaban J connectivity index is 1.79. The van der Waals surface area contributed by atoms with Crippen LogP contribution in [0, 0.1) is 0 Å². The Bertz CT molecular complexity index is 346. The van der Waals surface area contributed by atoms with Crippen molar-refractivity contribution in [1.82, 2.24) is 15.5 Å². The van der Waals surface area contributed by atoms with Gasteiger partial charge in [-0.1, -0.05) is 0 Å². The summed E-state index contributed by atoms with van der Waals surface area (Å²) in [6.45, 7) is 8.02. The first-order valence-corrected chi connectivity index (χ1v) is 8.27. The van der Waals surface area contributed by atoms with Crippen molar-refractivity contribution in [1.29, 1.82) is 0 Å². The predicted octanol–water partition coefficient (Wildman–Crippen LogP) is 2.12. The van der Waals surface area contributed by atoms with Gasteiger partial charge in [-0.3, -0.25) is 0 Å². The number of carbonyl (C=O) groups is 1. The van der Waals surface area contributed by atoms with Gasteiger partial charge in [0.1, 0.15) is 5.60 Å². The van der Waals surface area contributed by atoms with Gasteiger partial charge in [0.15, 0.2) is 0 Å². The lowest BCUT2D eigenvalue weighted by molar-refractivity contribution is 0.0495. The molecule has 2 rings (SSSR count). The summed E-state index contributed by atoms with van der Waals surface area (Å²) in [5.74, 6) is 0. The van der Waals surface area contributed by atoms with Crippen LogP contribution in [0.5, 0.6) is 0 Å². The van der Waals surface area contributed by atoms with E-state index in [-0.39, 0.29) is 12.1 Å². The van der Waals surface area contributed by atoms with E-state index in [9.17, 15) is 4.79 Å². The van der Waals surface area contributed by atoms with Crippen molar-refractivity contribution < 1.29 is 9.53 Å². The number of likely N-dealkylation sites (tertiary alicyclic amines) is 1. The molecule has 2 fully saturated rings. The lowest BCUT2D eigenvalue weighted by atomic mass is 10.0. The smallest absolute Gasteiger partial charge is 0.407 e. The number of alkyl carbamates (subject to hydrolysis) is 1. The molecule has 2 aliphatic rings. The molecule has 2 N–H and O–H groups in total. The average molecular weight is 297 g/mol. The Morgan fingerprint density at radius 3 is 2.33 bits per heavy atom. The molecular formula is C16H31N3O2. The molecule has 21 heavy (non-hydrogen) atoms. The number of hydrogen-bond acceptors (Lipinski definition) is 4. The Labute approximate surface area is 128 Å². The van der Waals surface area contributed by atoms with Gasteiger partial charge < -0.3 is 20.3 Å². The molecule has 2 atom stereocenters. The molecule has 5 heteroatoms. The van der Waals surface area contributed by atoms with E-state index in [1.807, 2.05) is 20.8 Å². The summed E-state index contributed by atoms with van der Waals surface area (Å²) in [5.41, 5.74) is -0.431. The Morgan fingerprint density at radius 1 is 1.10 bits per heavy atom. The molecule has 1 saturated carbocycles. The third kappa shape index (κ3) is 5.47. The monoisotopic (exact) mass is 297 g/mol. The van der Waals surface area contributed by atoms with Crippen molar-refractivity contribution >= 4 is 6.09 Å². The highest BCUT2D eigenvalue weighted by molar-refractivity contribution is 5.68. The maximum absolute atomic E-state index is 11.9. The van der Waals surface area contributed by atoms with E-state index >= 15 is 0 Å². The van der Waals surface area contributed by atoms with Gasteiger partial charge >= 0.3 is 6.09 Å². The summed E-state index contributed by atoms with van der Waals surface area (Å²) in [5, 5.41) is 6.81. The van der Waals surface area contributed by atoms with E-state index in [0.29, 0.717) is 12.1 Å². The molecule has 1 aliphatic carbocycles. The van der Waals surface area contributed by atoms with Crippen LogP contribution in [0.2, 0.25) is 0 Å². The predicted molar refractivity (Wildman–Crippen MR) is 84.5 cm³/mol. The lowest BCUT2D eigenvalue weighted by Crippen LogP contribution is -2.52. The second-order valence-corrected chi connectivity index (χ2v) is 7.53. The van der Waals surface area contributed by atoms with Gasteiger partial charge in [0.05, 0.1) is 0 Å². The topological polar surface area (TPSA) is 53.6 Å². The van der Waals surface area contributed by atoms with Crippen LogP contribution in [0.3, 0.4) is 0 Å². The molecule has 122 valence electrons. The highest BCUT2D eigenvalue weighted by atomic mass is 16.6. The molecule has 0 radical (unpaired) electrons.